The first-order valence-electron chi connectivity index (χ1n) is 4.16. The molecule has 1 unspecified atom stereocenters. The van der Waals surface area contributed by atoms with E-state index in [0.29, 0.717) is 6.10 Å². The summed E-state index contributed by atoms with van der Waals surface area (Å²) in [5, 5.41) is 8.96. The number of aliphatic hydroxyl groups is 1. The monoisotopic (exact) mass is 176 g/mol. The first-order chi connectivity index (χ1) is 5.29. The number of hydrogen-bond donors (Lipinski definition) is 1. The van der Waals surface area contributed by atoms with Gasteiger partial charge < -0.3 is 9.84 Å². The largest absolute Gasteiger partial charge is 0.393 e. The van der Waals surface area contributed by atoms with Gasteiger partial charge in [-0.15, -0.1) is 0 Å². The van der Waals surface area contributed by atoms with Crippen molar-refractivity contribution >= 4 is 11.8 Å². The Bertz CT molecular complexity index is 100. The van der Waals surface area contributed by atoms with Crippen molar-refractivity contribution in [1.82, 2.24) is 0 Å². The van der Waals surface area contributed by atoms with Crippen molar-refractivity contribution < 1.29 is 9.84 Å². The second-order valence-corrected chi connectivity index (χ2v) is 4.10. The van der Waals surface area contributed by atoms with Crippen LogP contribution in [0.25, 0.3) is 0 Å². The van der Waals surface area contributed by atoms with Gasteiger partial charge in [0.25, 0.3) is 0 Å². The lowest BCUT2D eigenvalue weighted by Crippen LogP contribution is -2.11. The van der Waals surface area contributed by atoms with Gasteiger partial charge in [0.05, 0.1) is 12.2 Å². The molecule has 0 aliphatic carbocycles. The van der Waals surface area contributed by atoms with Gasteiger partial charge in [-0.3, -0.25) is 0 Å². The minimum absolute atomic E-state index is 0.179. The lowest BCUT2D eigenvalue weighted by molar-refractivity contribution is 0.128. The number of thioether (sulfide) groups is 1. The molecule has 66 valence electrons. The van der Waals surface area contributed by atoms with Crippen molar-refractivity contribution in [2.24, 2.45) is 0 Å². The SMILES string of the molecule is C[C@@H](O)CSCC1CCCO1. The summed E-state index contributed by atoms with van der Waals surface area (Å²) in [7, 11) is 0. The molecule has 0 bridgehead atoms. The molecular weight excluding hydrogens is 160 g/mol. The minimum atomic E-state index is -0.179. The van der Waals surface area contributed by atoms with E-state index in [0.717, 1.165) is 18.1 Å². The summed E-state index contributed by atoms with van der Waals surface area (Å²) in [5.74, 6) is 1.88. The molecule has 2 nitrogen and oxygen atoms in total. The van der Waals surface area contributed by atoms with Gasteiger partial charge in [-0.2, -0.15) is 11.8 Å². The van der Waals surface area contributed by atoms with E-state index in [1.54, 1.807) is 11.8 Å². The van der Waals surface area contributed by atoms with Crippen LogP contribution in [0.4, 0.5) is 0 Å². The summed E-state index contributed by atoms with van der Waals surface area (Å²) in [4.78, 5) is 0. The second kappa shape index (κ2) is 5.01. The van der Waals surface area contributed by atoms with Crippen LogP contribution in [0.5, 0.6) is 0 Å². The summed E-state index contributed by atoms with van der Waals surface area (Å²) in [6, 6.07) is 0. The molecule has 3 heteroatoms. The zero-order chi connectivity index (χ0) is 8.10. The van der Waals surface area contributed by atoms with Gasteiger partial charge >= 0.3 is 0 Å². The van der Waals surface area contributed by atoms with Crippen LogP contribution in [-0.2, 0) is 4.74 Å². The zero-order valence-electron chi connectivity index (χ0n) is 6.95. The minimum Gasteiger partial charge on any atom is -0.393 e. The van der Waals surface area contributed by atoms with E-state index < -0.39 is 0 Å². The molecule has 0 radical (unpaired) electrons. The van der Waals surface area contributed by atoms with E-state index in [-0.39, 0.29) is 6.10 Å². The molecule has 0 aromatic carbocycles. The lowest BCUT2D eigenvalue weighted by Gasteiger charge is -2.09. The van der Waals surface area contributed by atoms with Crippen LogP contribution in [0, 0.1) is 0 Å². The van der Waals surface area contributed by atoms with Gasteiger partial charge in [0, 0.05) is 18.1 Å². The van der Waals surface area contributed by atoms with E-state index in [1.165, 1.54) is 12.8 Å². The summed E-state index contributed by atoms with van der Waals surface area (Å²) < 4.78 is 5.43. The molecule has 1 heterocycles. The summed E-state index contributed by atoms with van der Waals surface area (Å²) >= 11 is 1.78. The Kier molecular flexibility index (Phi) is 4.26. The van der Waals surface area contributed by atoms with Gasteiger partial charge in [0.15, 0.2) is 0 Å². The maximum Gasteiger partial charge on any atom is 0.0666 e. The number of hydrogen-bond acceptors (Lipinski definition) is 3. The van der Waals surface area contributed by atoms with Crippen LogP contribution in [-0.4, -0.2) is 35.4 Å². The highest BCUT2D eigenvalue weighted by molar-refractivity contribution is 7.99. The average Bonchev–Trinajstić information content (AvgIpc) is 2.39. The molecule has 1 aliphatic rings. The zero-order valence-corrected chi connectivity index (χ0v) is 7.77. The predicted octanol–water partition coefficient (Wildman–Crippen LogP) is 1.28. The molecule has 1 saturated heterocycles. The van der Waals surface area contributed by atoms with Crippen LogP contribution in [0.2, 0.25) is 0 Å². The average molecular weight is 176 g/mol. The maximum absolute atomic E-state index is 8.96. The molecule has 0 spiro atoms. The Morgan fingerprint density at radius 3 is 3.09 bits per heavy atom. The molecule has 1 aliphatic heterocycles. The Labute approximate surface area is 72.3 Å². The standard InChI is InChI=1S/C8H16O2S/c1-7(9)5-11-6-8-3-2-4-10-8/h7-9H,2-6H2,1H3/t7-,8?/m1/s1. The first-order valence-corrected chi connectivity index (χ1v) is 5.32. The van der Waals surface area contributed by atoms with Crippen molar-refractivity contribution in [1.29, 1.82) is 0 Å². The fourth-order valence-electron chi connectivity index (χ4n) is 1.15. The van der Waals surface area contributed by atoms with Gasteiger partial charge in [-0.1, -0.05) is 0 Å². The van der Waals surface area contributed by atoms with Crippen LogP contribution in [0.3, 0.4) is 0 Å². The highest BCUT2D eigenvalue weighted by Gasteiger charge is 2.14. The summed E-state index contributed by atoms with van der Waals surface area (Å²) in [5.41, 5.74) is 0. The van der Waals surface area contributed by atoms with Crippen LogP contribution < -0.4 is 0 Å². The van der Waals surface area contributed by atoms with E-state index in [9.17, 15) is 0 Å². The maximum atomic E-state index is 8.96. The van der Waals surface area contributed by atoms with Crippen LogP contribution in [0.1, 0.15) is 19.8 Å². The topological polar surface area (TPSA) is 29.5 Å². The second-order valence-electron chi connectivity index (χ2n) is 3.02. The van der Waals surface area contributed by atoms with Crippen molar-refractivity contribution in [3.63, 3.8) is 0 Å². The molecular formula is C8H16O2S. The van der Waals surface area contributed by atoms with E-state index in [2.05, 4.69) is 0 Å². The van der Waals surface area contributed by atoms with E-state index >= 15 is 0 Å². The highest BCUT2D eigenvalue weighted by Crippen LogP contribution is 2.17. The molecule has 0 aromatic rings. The van der Waals surface area contributed by atoms with E-state index in [4.69, 9.17) is 9.84 Å². The van der Waals surface area contributed by atoms with Crippen LogP contribution >= 0.6 is 11.8 Å². The number of aliphatic hydroxyl groups excluding tert-OH is 1. The molecule has 0 amide bonds. The molecule has 1 rings (SSSR count). The smallest absolute Gasteiger partial charge is 0.0666 e. The molecule has 1 fully saturated rings. The van der Waals surface area contributed by atoms with Crippen molar-refractivity contribution in [3.8, 4) is 0 Å². The summed E-state index contributed by atoms with van der Waals surface area (Å²) in [6.45, 7) is 2.75. The number of rotatable bonds is 4. The molecule has 0 aromatic heterocycles. The molecule has 11 heavy (non-hydrogen) atoms. The quantitative estimate of drug-likeness (QED) is 0.699. The lowest BCUT2D eigenvalue weighted by atomic mass is 10.3. The fraction of sp³-hybridized carbons (Fsp3) is 1.00. The third-order valence-electron chi connectivity index (χ3n) is 1.69. The molecule has 0 saturated carbocycles. The van der Waals surface area contributed by atoms with Crippen molar-refractivity contribution in [2.45, 2.75) is 32.0 Å². The van der Waals surface area contributed by atoms with E-state index in [1.807, 2.05) is 6.92 Å². The predicted molar refractivity (Wildman–Crippen MR) is 48.0 cm³/mol. The molecule has 2 atom stereocenters. The van der Waals surface area contributed by atoms with Crippen molar-refractivity contribution in [3.05, 3.63) is 0 Å². The third-order valence-corrected chi connectivity index (χ3v) is 3.01. The Morgan fingerprint density at radius 1 is 1.73 bits per heavy atom. The van der Waals surface area contributed by atoms with Gasteiger partial charge in [0.2, 0.25) is 0 Å². The fourth-order valence-corrected chi connectivity index (χ4v) is 2.15. The third kappa shape index (κ3) is 3.99. The van der Waals surface area contributed by atoms with Crippen molar-refractivity contribution in [2.75, 3.05) is 18.1 Å². The normalized spacial score (nSPS) is 27.3. The van der Waals surface area contributed by atoms with Gasteiger partial charge in [-0.25, -0.2) is 0 Å². The number of ether oxygens (including phenoxy) is 1. The van der Waals surface area contributed by atoms with Gasteiger partial charge in [0.1, 0.15) is 0 Å². The summed E-state index contributed by atoms with van der Waals surface area (Å²) in [6.07, 6.45) is 2.69. The Balaban J connectivity index is 1.94. The Morgan fingerprint density at radius 2 is 2.55 bits per heavy atom. The van der Waals surface area contributed by atoms with Gasteiger partial charge in [-0.05, 0) is 19.8 Å². The highest BCUT2D eigenvalue weighted by atomic mass is 32.2. The molecule has 1 N–H and O–H groups in total. The van der Waals surface area contributed by atoms with Crippen LogP contribution in [0.15, 0.2) is 0 Å². The Hall–Kier alpha value is 0.270. The first kappa shape index (κ1) is 9.36.